The molecule has 5 aromatic rings. The summed E-state index contributed by atoms with van der Waals surface area (Å²) in [6, 6.07) is 22.1. The van der Waals surface area contributed by atoms with Crippen molar-refractivity contribution in [1.29, 1.82) is 0 Å². The van der Waals surface area contributed by atoms with Crippen molar-refractivity contribution in [3.63, 3.8) is 0 Å². The highest BCUT2D eigenvalue weighted by atomic mass is 16.2. The van der Waals surface area contributed by atoms with E-state index in [0.717, 1.165) is 33.8 Å². The third kappa shape index (κ3) is 7.81. The van der Waals surface area contributed by atoms with Crippen molar-refractivity contribution >= 4 is 40.9 Å². The van der Waals surface area contributed by atoms with Crippen LogP contribution >= 0.6 is 0 Å². The van der Waals surface area contributed by atoms with Gasteiger partial charge in [-0.2, -0.15) is 0 Å². The van der Waals surface area contributed by atoms with Crippen molar-refractivity contribution in [2.75, 3.05) is 29.1 Å². The monoisotopic (exact) mass is 627 g/mol. The number of hydrogen-bond donors (Lipinski definition) is 3. The van der Waals surface area contributed by atoms with Gasteiger partial charge in [-0.15, -0.1) is 0 Å². The Kier molecular flexibility index (Phi) is 9.21. The lowest BCUT2D eigenvalue weighted by molar-refractivity contribution is -0.120. The number of carbonyl (C=O) groups excluding carboxylic acids is 3. The Morgan fingerprint density at radius 2 is 1.81 bits per heavy atom. The molecule has 4 heterocycles. The van der Waals surface area contributed by atoms with Crippen LogP contribution in [0.5, 0.6) is 0 Å². The first-order valence-electron chi connectivity index (χ1n) is 15.1. The second-order valence-electron chi connectivity index (χ2n) is 11.2. The van der Waals surface area contributed by atoms with E-state index in [9.17, 15) is 14.4 Å². The van der Waals surface area contributed by atoms with Gasteiger partial charge in [0.2, 0.25) is 11.9 Å². The van der Waals surface area contributed by atoms with Crippen molar-refractivity contribution in [2.24, 2.45) is 0 Å². The second-order valence-corrected chi connectivity index (χ2v) is 11.2. The summed E-state index contributed by atoms with van der Waals surface area (Å²) in [6.07, 6.45) is 7.07. The normalized spacial score (nSPS) is 13.0. The van der Waals surface area contributed by atoms with Crippen LogP contribution in [-0.4, -0.2) is 56.3 Å². The van der Waals surface area contributed by atoms with Crippen molar-refractivity contribution in [1.82, 2.24) is 30.2 Å². The molecule has 1 fully saturated rings. The molecule has 3 aromatic heterocycles. The largest absolute Gasteiger partial charge is 0.328 e. The van der Waals surface area contributed by atoms with Gasteiger partial charge in [0, 0.05) is 67.1 Å². The third-order valence-electron chi connectivity index (χ3n) is 7.63. The van der Waals surface area contributed by atoms with E-state index in [1.54, 1.807) is 24.8 Å². The Morgan fingerprint density at radius 3 is 2.55 bits per heavy atom. The minimum atomic E-state index is -0.431. The molecule has 0 saturated carbocycles. The molecule has 0 spiro atoms. The summed E-state index contributed by atoms with van der Waals surface area (Å²) in [7, 11) is 1.99. The summed E-state index contributed by atoms with van der Waals surface area (Å²) in [6.45, 7) is 3.55. The first kappa shape index (κ1) is 31.0. The molecular weight excluding hydrogens is 594 g/mol. The zero-order chi connectivity index (χ0) is 32.8. The minimum Gasteiger partial charge on any atom is -0.324 e. The van der Waals surface area contributed by atoms with Gasteiger partial charge < -0.3 is 10.6 Å². The number of rotatable bonds is 10. The molecule has 12 heteroatoms. The fourth-order valence-electron chi connectivity index (χ4n) is 5.14. The maximum atomic E-state index is 13.1. The van der Waals surface area contributed by atoms with Gasteiger partial charge >= 0.3 is 6.03 Å². The summed E-state index contributed by atoms with van der Waals surface area (Å²) >= 11 is 0. The molecule has 47 heavy (non-hydrogen) atoms. The molecular formula is C35H33N9O3. The van der Waals surface area contributed by atoms with Crippen LogP contribution in [0.3, 0.4) is 0 Å². The van der Waals surface area contributed by atoms with E-state index in [-0.39, 0.29) is 18.2 Å². The van der Waals surface area contributed by atoms with Crippen LogP contribution < -0.4 is 20.9 Å². The molecule has 4 amide bonds. The second kappa shape index (κ2) is 14.0. The number of aromatic nitrogens is 4. The average Bonchev–Trinajstić information content (AvgIpc) is 3.07. The molecule has 1 saturated heterocycles. The third-order valence-corrected chi connectivity index (χ3v) is 7.63. The Bertz CT molecular complexity index is 1900. The minimum absolute atomic E-state index is 0.217. The van der Waals surface area contributed by atoms with Gasteiger partial charge in [0.1, 0.15) is 0 Å². The van der Waals surface area contributed by atoms with Crippen molar-refractivity contribution < 1.29 is 14.4 Å². The number of amides is 4. The Morgan fingerprint density at radius 1 is 0.957 bits per heavy atom. The lowest BCUT2D eigenvalue weighted by atomic mass is 10.1. The Labute approximate surface area is 271 Å². The lowest BCUT2D eigenvalue weighted by Crippen LogP contribution is -2.49. The molecule has 6 rings (SSSR count). The van der Waals surface area contributed by atoms with Crippen LogP contribution in [0.15, 0.2) is 97.6 Å². The molecule has 0 aliphatic carbocycles. The number of nitrogens with zero attached hydrogens (tertiary/aromatic N) is 6. The van der Waals surface area contributed by atoms with E-state index in [4.69, 9.17) is 0 Å². The van der Waals surface area contributed by atoms with Crippen molar-refractivity contribution in [2.45, 2.75) is 26.4 Å². The fourth-order valence-corrected chi connectivity index (χ4v) is 5.14. The topological polar surface area (TPSA) is 145 Å². The Hall–Kier alpha value is -6.01. The maximum Gasteiger partial charge on any atom is 0.328 e. The number of nitrogens with one attached hydrogen (secondary N) is 3. The quantitative estimate of drug-likeness (QED) is 0.187. The highest BCUT2D eigenvalue weighted by molar-refractivity contribution is 6.05. The Balaban J connectivity index is 1.03. The molecule has 0 atom stereocenters. The molecule has 3 N–H and O–H groups in total. The number of imide groups is 1. The zero-order valence-corrected chi connectivity index (χ0v) is 26.0. The number of anilines is 4. The van der Waals surface area contributed by atoms with Gasteiger partial charge in [-0.3, -0.25) is 34.7 Å². The van der Waals surface area contributed by atoms with Gasteiger partial charge in [0.05, 0.1) is 23.3 Å². The van der Waals surface area contributed by atoms with E-state index >= 15 is 0 Å². The lowest BCUT2D eigenvalue weighted by Gasteiger charge is -2.26. The predicted molar refractivity (Wildman–Crippen MR) is 179 cm³/mol. The maximum absolute atomic E-state index is 13.1. The number of hydrogen-bond acceptors (Lipinski definition) is 9. The van der Waals surface area contributed by atoms with Gasteiger partial charge in [0.15, 0.2) is 0 Å². The standard InChI is InChI=1S/C35H33N9O3/c1-23-5-10-27(18-31(23)41-34-37-16-13-30(40-34)26-4-3-15-36-19-26)39-33(46)25-8-6-24(7-9-25)21-43(2)22-28-11-12-29(20-38-28)44-17-14-32(45)42-35(44)47/h3-13,15-16,18-20H,14,17,21-22H2,1-2H3,(H,39,46)(H,37,40,41)(H,42,45,47). The molecule has 236 valence electrons. The van der Waals surface area contributed by atoms with Gasteiger partial charge in [-0.1, -0.05) is 18.2 Å². The molecule has 0 radical (unpaired) electrons. The van der Waals surface area contributed by atoms with E-state index in [2.05, 4.69) is 40.8 Å². The summed E-state index contributed by atoms with van der Waals surface area (Å²) < 4.78 is 0. The van der Waals surface area contributed by atoms with E-state index in [1.807, 2.05) is 86.8 Å². The molecule has 1 aliphatic heterocycles. The first-order chi connectivity index (χ1) is 22.8. The van der Waals surface area contributed by atoms with Crippen molar-refractivity contribution in [3.8, 4) is 11.3 Å². The van der Waals surface area contributed by atoms with Gasteiger partial charge in [0.25, 0.3) is 5.91 Å². The van der Waals surface area contributed by atoms with E-state index in [0.29, 0.717) is 42.5 Å². The van der Waals surface area contributed by atoms with Crippen LogP contribution in [0, 0.1) is 6.92 Å². The van der Waals surface area contributed by atoms with Crippen LogP contribution in [0.25, 0.3) is 11.3 Å². The number of aryl methyl sites for hydroxylation is 1. The molecule has 0 bridgehead atoms. The predicted octanol–water partition coefficient (Wildman–Crippen LogP) is 5.32. The summed E-state index contributed by atoms with van der Waals surface area (Å²) in [5.41, 5.74) is 7.13. The summed E-state index contributed by atoms with van der Waals surface area (Å²) in [4.78, 5) is 57.8. The summed E-state index contributed by atoms with van der Waals surface area (Å²) in [5.74, 6) is -0.0438. The number of pyridine rings is 2. The number of carbonyl (C=O) groups is 3. The van der Waals surface area contributed by atoms with Crippen LogP contribution in [-0.2, 0) is 17.9 Å². The van der Waals surface area contributed by atoms with E-state index < -0.39 is 6.03 Å². The van der Waals surface area contributed by atoms with Crippen LogP contribution in [0.4, 0.5) is 27.8 Å². The molecule has 0 unspecified atom stereocenters. The average molecular weight is 628 g/mol. The first-order valence-corrected chi connectivity index (χ1v) is 15.1. The molecule has 2 aromatic carbocycles. The fraction of sp³-hybridized carbons (Fsp3) is 0.171. The smallest absolute Gasteiger partial charge is 0.324 e. The van der Waals surface area contributed by atoms with Crippen LogP contribution in [0.1, 0.15) is 33.6 Å². The van der Waals surface area contributed by atoms with Crippen LogP contribution in [0.2, 0.25) is 0 Å². The SMILES string of the molecule is Cc1ccc(NC(=O)c2ccc(CN(C)Cc3ccc(N4CCC(=O)NC4=O)cn3)cc2)cc1Nc1nccc(-c2cccnc2)n1. The van der Waals surface area contributed by atoms with E-state index in [1.165, 1.54) is 4.90 Å². The highest BCUT2D eigenvalue weighted by Crippen LogP contribution is 2.25. The number of benzene rings is 2. The molecule has 12 nitrogen and oxygen atoms in total. The van der Waals surface area contributed by atoms with Gasteiger partial charge in [-0.25, -0.2) is 14.8 Å². The zero-order valence-electron chi connectivity index (χ0n) is 26.0. The van der Waals surface area contributed by atoms with Crippen molar-refractivity contribution in [3.05, 3.63) is 120 Å². The summed E-state index contributed by atoms with van der Waals surface area (Å²) in [5, 5.41) is 8.57. The number of urea groups is 1. The molecule has 1 aliphatic rings. The highest BCUT2D eigenvalue weighted by Gasteiger charge is 2.24. The van der Waals surface area contributed by atoms with Gasteiger partial charge in [-0.05, 0) is 79.7 Å².